The normalized spacial score (nSPS) is 17.6. The van der Waals surface area contributed by atoms with Gasteiger partial charge < -0.3 is 5.32 Å². The number of alkyl halides is 7. The summed E-state index contributed by atoms with van der Waals surface area (Å²) in [7, 11) is 0. The molecule has 0 aromatic rings. The van der Waals surface area contributed by atoms with E-state index < -0.39 is 30.0 Å². The molecule has 1 saturated carbocycles. The second-order valence-corrected chi connectivity index (χ2v) is 4.70. The first-order valence-corrected chi connectivity index (χ1v) is 6.53. The molecular formula is C12H18F7NO. The highest BCUT2D eigenvalue weighted by Gasteiger charge is 2.76. The first-order chi connectivity index (χ1) is 9.39. The van der Waals surface area contributed by atoms with Crippen LogP contribution >= 0.6 is 0 Å². The van der Waals surface area contributed by atoms with E-state index in [1.54, 1.807) is 0 Å². The summed E-state index contributed by atoms with van der Waals surface area (Å²) in [5, 5.41) is 1.50. The molecule has 1 aliphatic carbocycles. The monoisotopic (exact) mass is 325 g/mol. The molecule has 1 unspecified atom stereocenters. The van der Waals surface area contributed by atoms with Gasteiger partial charge in [-0.3, -0.25) is 4.79 Å². The van der Waals surface area contributed by atoms with E-state index in [1.807, 2.05) is 13.8 Å². The highest BCUT2D eigenvalue weighted by Crippen LogP contribution is 2.46. The van der Waals surface area contributed by atoms with Crippen LogP contribution in [0.1, 0.15) is 40.0 Å². The minimum atomic E-state index is -6.49. The zero-order chi connectivity index (χ0) is 17.1. The predicted octanol–water partition coefficient (Wildman–Crippen LogP) is 4.15. The van der Waals surface area contributed by atoms with Gasteiger partial charge in [0.1, 0.15) is 0 Å². The minimum absolute atomic E-state index is 0.201. The fourth-order valence-electron chi connectivity index (χ4n) is 1.55. The quantitative estimate of drug-likeness (QED) is 0.756. The lowest BCUT2D eigenvalue weighted by atomic mass is 10.1. The van der Waals surface area contributed by atoms with Crippen molar-refractivity contribution in [2.24, 2.45) is 5.92 Å². The number of halogens is 7. The molecule has 0 heterocycles. The lowest BCUT2D eigenvalue weighted by Gasteiger charge is -2.28. The van der Waals surface area contributed by atoms with E-state index in [9.17, 15) is 35.5 Å². The fraction of sp³-hybridized carbons (Fsp3) is 0.917. The zero-order valence-electron chi connectivity index (χ0n) is 11.8. The standard InChI is InChI=1S/C10H12F7NO.C2H6/c1-5(4-6-2-3-6)18-7(19)8(11,12)9(13,14)10(15,16)17;1-2/h5-6H,2-4H2,1H3,(H,18,19);1-2H3. The maximum absolute atomic E-state index is 12.9. The topological polar surface area (TPSA) is 29.1 Å². The zero-order valence-corrected chi connectivity index (χ0v) is 11.8. The molecule has 0 aromatic carbocycles. The van der Waals surface area contributed by atoms with Gasteiger partial charge in [0.05, 0.1) is 0 Å². The minimum Gasteiger partial charge on any atom is -0.348 e. The van der Waals surface area contributed by atoms with Crippen molar-refractivity contribution >= 4 is 5.91 Å². The summed E-state index contributed by atoms with van der Waals surface area (Å²) >= 11 is 0. The van der Waals surface area contributed by atoms with Crippen molar-refractivity contribution in [1.29, 1.82) is 0 Å². The van der Waals surface area contributed by atoms with E-state index >= 15 is 0 Å². The number of carbonyl (C=O) groups excluding carboxylic acids is 1. The van der Waals surface area contributed by atoms with E-state index in [4.69, 9.17) is 0 Å². The molecule has 0 aromatic heterocycles. The van der Waals surface area contributed by atoms with Gasteiger partial charge in [-0.05, 0) is 19.3 Å². The third-order valence-electron chi connectivity index (χ3n) is 2.80. The van der Waals surface area contributed by atoms with Crippen molar-refractivity contribution in [3.63, 3.8) is 0 Å². The van der Waals surface area contributed by atoms with Crippen LogP contribution in [-0.4, -0.2) is 30.0 Å². The van der Waals surface area contributed by atoms with Gasteiger partial charge in [0, 0.05) is 6.04 Å². The molecule has 0 saturated heterocycles. The van der Waals surface area contributed by atoms with Crippen molar-refractivity contribution in [3.8, 4) is 0 Å². The molecule has 1 amide bonds. The van der Waals surface area contributed by atoms with Crippen LogP contribution in [0.15, 0.2) is 0 Å². The Hall–Kier alpha value is -1.02. The van der Waals surface area contributed by atoms with E-state index in [1.165, 1.54) is 12.2 Å². The molecule has 1 atom stereocenters. The highest BCUT2D eigenvalue weighted by molar-refractivity contribution is 5.85. The molecule has 21 heavy (non-hydrogen) atoms. The van der Waals surface area contributed by atoms with Crippen LogP contribution in [0.3, 0.4) is 0 Å². The lowest BCUT2D eigenvalue weighted by molar-refractivity contribution is -0.344. The van der Waals surface area contributed by atoms with Gasteiger partial charge in [0.2, 0.25) is 0 Å². The van der Waals surface area contributed by atoms with Gasteiger partial charge in [-0.1, -0.05) is 26.7 Å². The van der Waals surface area contributed by atoms with Gasteiger partial charge in [-0.25, -0.2) is 0 Å². The maximum Gasteiger partial charge on any atom is 0.460 e. The van der Waals surface area contributed by atoms with Crippen molar-refractivity contribution in [2.75, 3.05) is 0 Å². The fourth-order valence-corrected chi connectivity index (χ4v) is 1.55. The Labute approximate surface area is 118 Å². The third kappa shape index (κ3) is 4.74. The molecule has 1 aliphatic rings. The molecule has 2 nitrogen and oxygen atoms in total. The average molecular weight is 325 g/mol. The summed E-state index contributed by atoms with van der Waals surface area (Å²) in [6.45, 7) is 5.28. The number of hydrogen-bond donors (Lipinski definition) is 1. The summed E-state index contributed by atoms with van der Waals surface area (Å²) in [6, 6.07) is -0.880. The number of nitrogens with one attached hydrogen (secondary N) is 1. The van der Waals surface area contributed by atoms with Crippen LogP contribution in [0.4, 0.5) is 30.7 Å². The van der Waals surface area contributed by atoms with Gasteiger partial charge in [0.25, 0.3) is 5.91 Å². The predicted molar refractivity (Wildman–Crippen MR) is 62.2 cm³/mol. The largest absolute Gasteiger partial charge is 0.460 e. The van der Waals surface area contributed by atoms with Crippen LogP contribution in [0.2, 0.25) is 0 Å². The van der Waals surface area contributed by atoms with Crippen LogP contribution in [0, 0.1) is 5.92 Å². The molecule has 0 bridgehead atoms. The van der Waals surface area contributed by atoms with Gasteiger partial charge >= 0.3 is 18.0 Å². The molecule has 1 N–H and O–H groups in total. The molecular weight excluding hydrogens is 307 g/mol. The lowest BCUT2D eigenvalue weighted by Crippen LogP contribution is -2.60. The summed E-state index contributed by atoms with van der Waals surface area (Å²) in [6.07, 6.45) is -4.56. The van der Waals surface area contributed by atoms with Gasteiger partial charge in [-0.15, -0.1) is 0 Å². The van der Waals surface area contributed by atoms with E-state index in [0.717, 1.165) is 12.8 Å². The summed E-state index contributed by atoms with van der Waals surface area (Å²) in [4.78, 5) is 10.9. The summed E-state index contributed by atoms with van der Waals surface area (Å²) in [5.41, 5.74) is 0. The Kier molecular flexibility index (Phi) is 6.50. The second-order valence-electron chi connectivity index (χ2n) is 4.70. The van der Waals surface area contributed by atoms with E-state index in [2.05, 4.69) is 0 Å². The molecule has 126 valence electrons. The van der Waals surface area contributed by atoms with Crippen molar-refractivity contribution in [1.82, 2.24) is 5.32 Å². The number of carbonyl (C=O) groups is 1. The highest BCUT2D eigenvalue weighted by atomic mass is 19.4. The van der Waals surface area contributed by atoms with Gasteiger partial charge in [0.15, 0.2) is 0 Å². The third-order valence-corrected chi connectivity index (χ3v) is 2.80. The van der Waals surface area contributed by atoms with Crippen molar-refractivity contribution in [3.05, 3.63) is 0 Å². The Morgan fingerprint density at radius 3 is 1.86 bits per heavy atom. The molecule has 0 radical (unpaired) electrons. The van der Waals surface area contributed by atoms with Crippen molar-refractivity contribution < 1.29 is 35.5 Å². The summed E-state index contributed by atoms with van der Waals surface area (Å²) in [5.74, 6) is -14.6. The Bertz CT molecular complexity index is 350. The first kappa shape index (κ1) is 20.0. The number of hydrogen-bond acceptors (Lipinski definition) is 1. The van der Waals surface area contributed by atoms with Crippen LogP contribution in [0.5, 0.6) is 0 Å². The molecule has 1 rings (SSSR count). The first-order valence-electron chi connectivity index (χ1n) is 6.53. The average Bonchev–Trinajstić information content (AvgIpc) is 3.13. The van der Waals surface area contributed by atoms with Crippen LogP contribution in [-0.2, 0) is 4.79 Å². The van der Waals surface area contributed by atoms with E-state index in [0.29, 0.717) is 0 Å². The van der Waals surface area contributed by atoms with Crippen LogP contribution < -0.4 is 5.32 Å². The SMILES string of the molecule is CC.CC(CC1CC1)NC(=O)C(F)(F)C(F)(F)C(F)(F)F. The smallest absolute Gasteiger partial charge is 0.348 e. The molecule has 0 spiro atoms. The number of rotatable bonds is 5. The molecule has 0 aliphatic heterocycles. The molecule has 1 fully saturated rings. The van der Waals surface area contributed by atoms with Gasteiger partial charge in [-0.2, -0.15) is 30.7 Å². The number of amides is 1. The second kappa shape index (κ2) is 6.83. The Morgan fingerprint density at radius 2 is 1.52 bits per heavy atom. The summed E-state index contributed by atoms with van der Waals surface area (Å²) < 4.78 is 86.5. The van der Waals surface area contributed by atoms with Crippen molar-refractivity contribution in [2.45, 2.75) is 64.1 Å². The van der Waals surface area contributed by atoms with Crippen LogP contribution in [0.25, 0.3) is 0 Å². The molecule has 9 heteroatoms. The van der Waals surface area contributed by atoms with E-state index in [-0.39, 0.29) is 12.3 Å². The Morgan fingerprint density at radius 1 is 1.10 bits per heavy atom. The Balaban J connectivity index is 0.00000191. The maximum atomic E-state index is 12.9.